The second-order valence-electron chi connectivity index (χ2n) is 12.3. The van der Waals surface area contributed by atoms with E-state index in [1.165, 1.54) is 6.42 Å². The first-order valence-corrected chi connectivity index (χ1v) is 16.1. The molecule has 4 heterocycles. The number of piperidine rings is 2. The molecule has 4 aliphatic heterocycles. The van der Waals surface area contributed by atoms with E-state index in [2.05, 4.69) is 23.1 Å². The standard InChI is InChI=1S/C36H40N2O6/c39-33(37-17-5-1-6-18-37)16-13-28-27(10-4-3-9-25-11-14-29-31(21-25)43-23-41-29)35(36(40)38-19-7-2-8-20-38)34(28)26-12-15-30-32(22-26)44-24-42-30/h3-4,9-16,21-22,27-28,34-35H,1-2,5-8,17-20,23-24H2/b9-3+,10-4+,16-13-. The Labute approximate surface area is 258 Å². The fourth-order valence-electron chi connectivity index (χ4n) is 7.29. The van der Waals surface area contributed by atoms with Gasteiger partial charge >= 0.3 is 0 Å². The highest BCUT2D eigenvalue weighted by atomic mass is 16.7. The van der Waals surface area contributed by atoms with E-state index in [9.17, 15) is 9.59 Å². The van der Waals surface area contributed by atoms with Gasteiger partial charge in [0.05, 0.1) is 5.92 Å². The van der Waals surface area contributed by atoms with Crippen molar-refractivity contribution >= 4 is 17.9 Å². The lowest BCUT2D eigenvalue weighted by Gasteiger charge is -2.51. The van der Waals surface area contributed by atoms with E-state index in [0.29, 0.717) is 5.75 Å². The van der Waals surface area contributed by atoms with Crippen LogP contribution in [0.1, 0.15) is 55.6 Å². The lowest BCUT2D eigenvalue weighted by molar-refractivity contribution is -0.144. The fourth-order valence-corrected chi connectivity index (χ4v) is 7.29. The molecule has 4 unspecified atom stereocenters. The highest BCUT2D eigenvalue weighted by molar-refractivity contribution is 5.88. The maximum atomic E-state index is 14.2. The second kappa shape index (κ2) is 12.8. The summed E-state index contributed by atoms with van der Waals surface area (Å²) in [4.78, 5) is 31.4. The van der Waals surface area contributed by atoms with Gasteiger partial charge in [-0.3, -0.25) is 9.59 Å². The van der Waals surface area contributed by atoms with E-state index < -0.39 is 0 Å². The summed E-state index contributed by atoms with van der Waals surface area (Å²) in [6.07, 6.45) is 18.6. The Morgan fingerprint density at radius 3 is 2.02 bits per heavy atom. The van der Waals surface area contributed by atoms with Crippen molar-refractivity contribution in [2.45, 2.75) is 44.4 Å². The lowest BCUT2D eigenvalue weighted by atomic mass is 9.53. The van der Waals surface area contributed by atoms with E-state index in [4.69, 9.17) is 18.9 Å². The van der Waals surface area contributed by atoms with Crippen molar-refractivity contribution in [1.29, 1.82) is 0 Å². The first-order chi connectivity index (χ1) is 21.7. The summed E-state index contributed by atoms with van der Waals surface area (Å²) >= 11 is 0. The van der Waals surface area contributed by atoms with Crippen LogP contribution in [-0.2, 0) is 9.59 Å². The zero-order valence-corrected chi connectivity index (χ0v) is 25.1. The Balaban J connectivity index is 1.18. The number of fused-ring (bicyclic) bond motifs is 2. The average Bonchev–Trinajstić information content (AvgIpc) is 3.73. The summed E-state index contributed by atoms with van der Waals surface area (Å²) in [5.74, 6) is 2.84. The monoisotopic (exact) mass is 596 g/mol. The summed E-state index contributed by atoms with van der Waals surface area (Å²) in [5, 5.41) is 0. The molecule has 8 heteroatoms. The SMILES string of the molecule is O=C(/C=C\C1C(/C=C/C=C/c2ccc3c(c2)OCO3)C(C(=O)N2CCCCC2)C1c1ccc2c(c1)OCO2)N1CCCCC1. The third-order valence-corrected chi connectivity index (χ3v) is 9.65. The minimum atomic E-state index is -0.233. The fraction of sp³-hybridized carbons (Fsp3) is 0.444. The van der Waals surface area contributed by atoms with Crippen molar-refractivity contribution < 1.29 is 28.5 Å². The van der Waals surface area contributed by atoms with Crippen LogP contribution in [-0.4, -0.2) is 61.4 Å². The number of nitrogens with zero attached hydrogens (tertiary/aromatic N) is 2. The highest BCUT2D eigenvalue weighted by Gasteiger charge is 2.53. The van der Waals surface area contributed by atoms with E-state index in [0.717, 1.165) is 86.7 Å². The second-order valence-corrected chi connectivity index (χ2v) is 12.3. The van der Waals surface area contributed by atoms with Crippen LogP contribution < -0.4 is 18.9 Å². The number of likely N-dealkylation sites (tertiary alicyclic amines) is 2. The Kier molecular flexibility index (Phi) is 8.31. The molecule has 230 valence electrons. The number of allylic oxidation sites excluding steroid dienone is 4. The van der Waals surface area contributed by atoms with Gasteiger partial charge in [0.25, 0.3) is 0 Å². The van der Waals surface area contributed by atoms with Crippen molar-refractivity contribution in [3.63, 3.8) is 0 Å². The van der Waals surface area contributed by atoms with Crippen LogP contribution in [0.25, 0.3) is 6.08 Å². The number of ether oxygens (including phenoxy) is 4. The van der Waals surface area contributed by atoms with Crippen LogP contribution in [0.2, 0.25) is 0 Å². The topological polar surface area (TPSA) is 77.5 Å². The highest BCUT2D eigenvalue weighted by Crippen LogP contribution is 2.56. The molecule has 7 rings (SSSR count). The van der Waals surface area contributed by atoms with Gasteiger partial charge < -0.3 is 28.7 Å². The van der Waals surface area contributed by atoms with Crippen LogP contribution >= 0.6 is 0 Å². The number of carbonyl (C=O) groups excluding carboxylic acids is 2. The first kappa shape index (κ1) is 28.6. The Bertz CT molecular complexity index is 1470. The van der Waals surface area contributed by atoms with E-state index in [1.807, 2.05) is 53.5 Å². The molecule has 0 aromatic heterocycles. The van der Waals surface area contributed by atoms with Crippen LogP contribution in [0.4, 0.5) is 0 Å². The molecule has 0 spiro atoms. The maximum Gasteiger partial charge on any atom is 0.246 e. The van der Waals surface area contributed by atoms with Crippen molar-refractivity contribution in [1.82, 2.24) is 9.80 Å². The number of benzene rings is 2. The molecule has 1 aliphatic carbocycles. The van der Waals surface area contributed by atoms with Crippen LogP contribution in [0.15, 0.2) is 66.8 Å². The van der Waals surface area contributed by atoms with Crippen molar-refractivity contribution in [2.24, 2.45) is 17.8 Å². The van der Waals surface area contributed by atoms with Crippen LogP contribution in [0, 0.1) is 17.8 Å². The summed E-state index contributed by atoms with van der Waals surface area (Å²) in [6, 6.07) is 11.9. The zero-order valence-electron chi connectivity index (χ0n) is 25.1. The molecule has 0 bridgehead atoms. The van der Waals surface area contributed by atoms with Gasteiger partial charge in [-0.25, -0.2) is 0 Å². The number of hydrogen-bond acceptors (Lipinski definition) is 6. The molecule has 2 amide bonds. The van der Waals surface area contributed by atoms with Gasteiger partial charge in [-0.15, -0.1) is 0 Å². The minimum absolute atomic E-state index is 0.0157. The third-order valence-electron chi connectivity index (χ3n) is 9.65. The van der Waals surface area contributed by atoms with E-state index in [-0.39, 0.29) is 49.1 Å². The lowest BCUT2D eigenvalue weighted by Crippen LogP contribution is -2.53. The van der Waals surface area contributed by atoms with E-state index >= 15 is 0 Å². The Morgan fingerprint density at radius 2 is 1.30 bits per heavy atom. The zero-order chi connectivity index (χ0) is 29.9. The number of rotatable bonds is 7. The van der Waals surface area contributed by atoms with Crippen molar-refractivity contribution in [3.05, 3.63) is 77.9 Å². The van der Waals surface area contributed by atoms with Gasteiger partial charge in [-0.2, -0.15) is 0 Å². The Hall–Kier alpha value is -4.20. The summed E-state index contributed by atoms with van der Waals surface area (Å²) in [5.41, 5.74) is 2.06. The van der Waals surface area contributed by atoms with Gasteiger partial charge in [0.1, 0.15) is 0 Å². The summed E-state index contributed by atoms with van der Waals surface area (Å²) in [6.45, 7) is 3.67. The number of hydrogen-bond donors (Lipinski definition) is 0. The van der Waals surface area contributed by atoms with Crippen molar-refractivity contribution in [3.8, 4) is 23.0 Å². The molecule has 3 fully saturated rings. The molecule has 1 saturated carbocycles. The average molecular weight is 597 g/mol. The van der Waals surface area contributed by atoms with Crippen molar-refractivity contribution in [2.75, 3.05) is 39.8 Å². The minimum Gasteiger partial charge on any atom is -0.454 e. The smallest absolute Gasteiger partial charge is 0.246 e. The molecule has 44 heavy (non-hydrogen) atoms. The maximum absolute atomic E-state index is 14.2. The third kappa shape index (κ3) is 5.82. The number of amides is 2. The van der Waals surface area contributed by atoms with Gasteiger partial charge in [-0.05, 0) is 91.8 Å². The molecular weight excluding hydrogens is 556 g/mol. The normalized spacial score (nSPS) is 26.1. The molecule has 2 aromatic rings. The summed E-state index contributed by atoms with van der Waals surface area (Å²) in [7, 11) is 0. The largest absolute Gasteiger partial charge is 0.454 e. The predicted octanol–water partition coefficient (Wildman–Crippen LogP) is 5.94. The molecule has 0 N–H and O–H groups in total. The van der Waals surface area contributed by atoms with Gasteiger partial charge in [0.2, 0.25) is 25.4 Å². The Morgan fingerprint density at radius 1 is 0.659 bits per heavy atom. The predicted molar refractivity (Wildman–Crippen MR) is 167 cm³/mol. The molecule has 5 aliphatic rings. The van der Waals surface area contributed by atoms with Gasteiger partial charge in [0, 0.05) is 32.1 Å². The molecule has 2 saturated heterocycles. The first-order valence-electron chi connectivity index (χ1n) is 16.1. The molecule has 0 radical (unpaired) electrons. The summed E-state index contributed by atoms with van der Waals surface area (Å²) < 4.78 is 22.3. The molecule has 8 nitrogen and oxygen atoms in total. The number of carbonyl (C=O) groups is 2. The quantitative estimate of drug-likeness (QED) is 0.291. The van der Waals surface area contributed by atoms with Gasteiger partial charge in [-0.1, -0.05) is 42.5 Å². The molecular formula is C36H40N2O6. The molecule has 2 aromatic carbocycles. The van der Waals surface area contributed by atoms with Crippen LogP contribution in [0.5, 0.6) is 23.0 Å². The molecule has 4 atom stereocenters. The van der Waals surface area contributed by atoms with E-state index in [1.54, 1.807) is 6.08 Å². The van der Waals surface area contributed by atoms with Gasteiger partial charge in [0.15, 0.2) is 23.0 Å². The van der Waals surface area contributed by atoms with Crippen LogP contribution in [0.3, 0.4) is 0 Å².